The zero-order valence-electron chi connectivity index (χ0n) is 21.8. The summed E-state index contributed by atoms with van der Waals surface area (Å²) in [7, 11) is 0. The standard InChI is InChI=1S/C27H33F3N6O3/c1-14(2)36-20(9-10-33-36)24(37)35-23(21(15-3-4-15)16-5-6-16)26(39)34-18-7-8-19-17(11-18)12-31-22(19)25(38)32-13-27(28,29)30/h7-11,14-16,21-23,31H,3-6,12-13H2,1-2H3,(H,32,38)(H,34,39)(H,35,37)/t22?,23-/m0/s1. The topological polar surface area (TPSA) is 117 Å². The molecule has 0 spiro atoms. The molecule has 0 saturated heterocycles. The van der Waals surface area contributed by atoms with Crippen LogP contribution in [0.3, 0.4) is 0 Å². The van der Waals surface area contributed by atoms with Crippen molar-refractivity contribution in [1.29, 1.82) is 0 Å². The number of nitrogens with zero attached hydrogens (tertiary/aromatic N) is 2. The van der Waals surface area contributed by atoms with E-state index in [1.54, 1.807) is 35.1 Å². The fourth-order valence-electron chi connectivity index (χ4n) is 5.53. The van der Waals surface area contributed by atoms with Gasteiger partial charge in [-0.25, -0.2) is 0 Å². The first-order valence-corrected chi connectivity index (χ1v) is 13.4. The van der Waals surface area contributed by atoms with Gasteiger partial charge in [-0.1, -0.05) is 6.07 Å². The lowest BCUT2D eigenvalue weighted by Crippen LogP contribution is -2.50. The van der Waals surface area contributed by atoms with E-state index in [0.717, 1.165) is 25.7 Å². The molecule has 2 aliphatic carbocycles. The smallest absolute Gasteiger partial charge is 0.345 e. The number of hydrogen-bond acceptors (Lipinski definition) is 5. The van der Waals surface area contributed by atoms with Gasteiger partial charge in [0.25, 0.3) is 5.91 Å². The number of halogens is 3. The first kappa shape index (κ1) is 27.2. The molecular formula is C27H33F3N6O3. The number of hydrogen-bond donors (Lipinski definition) is 4. The summed E-state index contributed by atoms with van der Waals surface area (Å²) < 4.78 is 39.2. The number of aromatic nitrogens is 2. The summed E-state index contributed by atoms with van der Waals surface area (Å²) in [4.78, 5) is 39.2. The summed E-state index contributed by atoms with van der Waals surface area (Å²) in [6, 6.07) is 4.98. The first-order valence-electron chi connectivity index (χ1n) is 13.4. The van der Waals surface area contributed by atoms with E-state index in [9.17, 15) is 27.6 Å². The number of fused-ring (bicyclic) bond motifs is 1. The lowest BCUT2D eigenvalue weighted by Gasteiger charge is -2.28. The highest BCUT2D eigenvalue weighted by atomic mass is 19.4. The average Bonchev–Trinajstić information content (AvgIpc) is 3.80. The molecular weight excluding hydrogens is 513 g/mol. The molecule has 3 aliphatic rings. The Balaban J connectivity index is 1.31. The molecule has 0 bridgehead atoms. The Morgan fingerprint density at radius 1 is 1.10 bits per heavy atom. The highest BCUT2D eigenvalue weighted by Crippen LogP contribution is 2.51. The summed E-state index contributed by atoms with van der Waals surface area (Å²) in [5, 5.41) is 15.0. The highest BCUT2D eigenvalue weighted by molar-refractivity contribution is 6.01. The van der Waals surface area contributed by atoms with Crippen LogP contribution < -0.4 is 21.3 Å². The van der Waals surface area contributed by atoms with Crippen LogP contribution in [0.5, 0.6) is 0 Å². The van der Waals surface area contributed by atoms with E-state index in [0.29, 0.717) is 34.3 Å². The van der Waals surface area contributed by atoms with Crippen LogP contribution in [-0.2, 0) is 16.1 Å². The number of anilines is 1. The Morgan fingerprint density at radius 2 is 1.79 bits per heavy atom. The maximum Gasteiger partial charge on any atom is 0.405 e. The quantitative estimate of drug-likeness (QED) is 0.364. The molecule has 39 heavy (non-hydrogen) atoms. The number of alkyl halides is 3. The van der Waals surface area contributed by atoms with Crippen molar-refractivity contribution in [2.45, 2.75) is 70.4 Å². The van der Waals surface area contributed by atoms with Crippen LogP contribution in [0.15, 0.2) is 30.5 Å². The first-order chi connectivity index (χ1) is 18.5. The molecule has 12 heteroatoms. The fourth-order valence-corrected chi connectivity index (χ4v) is 5.53. The Kier molecular flexibility index (Phi) is 7.41. The number of rotatable bonds is 10. The minimum Gasteiger partial charge on any atom is -0.345 e. The lowest BCUT2D eigenvalue weighted by atomic mass is 9.88. The predicted octanol–water partition coefficient (Wildman–Crippen LogP) is 3.46. The number of nitrogens with one attached hydrogen (secondary N) is 4. The van der Waals surface area contributed by atoms with Crippen LogP contribution in [0.2, 0.25) is 0 Å². The second-order valence-corrected chi connectivity index (χ2v) is 11.0. The normalized spacial score (nSPS) is 19.6. The van der Waals surface area contributed by atoms with E-state index in [-0.39, 0.29) is 30.3 Å². The Morgan fingerprint density at radius 3 is 2.41 bits per heavy atom. The summed E-state index contributed by atoms with van der Waals surface area (Å²) in [5.41, 5.74) is 2.16. The van der Waals surface area contributed by atoms with Gasteiger partial charge in [0.1, 0.15) is 24.3 Å². The third-order valence-electron chi connectivity index (χ3n) is 7.62. The maximum absolute atomic E-state index is 13.7. The van der Waals surface area contributed by atoms with Crippen molar-refractivity contribution in [2.24, 2.45) is 17.8 Å². The van der Waals surface area contributed by atoms with Crippen molar-refractivity contribution >= 4 is 23.4 Å². The highest BCUT2D eigenvalue weighted by Gasteiger charge is 2.48. The SMILES string of the molecule is CC(C)n1nccc1C(=O)N[C@H](C(=O)Nc1ccc2c(c1)CNC2C(=O)NCC(F)(F)F)C(C1CC1)C1CC1. The largest absolute Gasteiger partial charge is 0.405 e. The Bertz CT molecular complexity index is 1240. The van der Waals surface area contributed by atoms with Gasteiger partial charge in [-0.2, -0.15) is 18.3 Å². The van der Waals surface area contributed by atoms with E-state index < -0.39 is 30.7 Å². The van der Waals surface area contributed by atoms with Gasteiger partial charge in [0.05, 0.1) is 0 Å². The molecule has 210 valence electrons. The molecule has 5 rings (SSSR count). The van der Waals surface area contributed by atoms with Crippen LogP contribution in [0.1, 0.15) is 73.2 Å². The summed E-state index contributed by atoms with van der Waals surface area (Å²) in [6.07, 6.45) is 1.21. The van der Waals surface area contributed by atoms with Gasteiger partial charge >= 0.3 is 6.18 Å². The second kappa shape index (κ2) is 10.6. The van der Waals surface area contributed by atoms with E-state index in [1.807, 2.05) is 19.2 Å². The van der Waals surface area contributed by atoms with Crippen LogP contribution in [0, 0.1) is 17.8 Å². The molecule has 1 unspecified atom stereocenters. The van der Waals surface area contributed by atoms with Crippen molar-refractivity contribution in [3.63, 3.8) is 0 Å². The second-order valence-electron chi connectivity index (χ2n) is 11.0. The van der Waals surface area contributed by atoms with E-state index in [2.05, 4.69) is 21.0 Å². The molecule has 2 heterocycles. The predicted molar refractivity (Wildman–Crippen MR) is 137 cm³/mol. The van der Waals surface area contributed by atoms with Crippen LogP contribution in [0.25, 0.3) is 0 Å². The number of carbonyl (C=O) groups excluding carboxylic acids is 3. The van der Waals surface area contributed by atoms with E-state index in [4.69, 9.17) is 0 Å². The molecule has 9 nitrogen and oxygen atoms in total. The summed E-state index contributed by atoms with van der Waals surface area (Å²) in [6.45, 7) is 2.73. The minimum atomic E-state index is -4.50. The molecule has 0 radical (unpaired) electrons. The lowest BCUT2D eigenvalue weighted by molar-refractivity contribution is -0.139. The molecule has 1 aromatic heterocycles. The van der Waals surface area contributed by atoms with Gasteiger partial charge in [0, 0.05) is 24.5 Å². The molecule has 1 aliphatic heterocycles. The van der Waals surface area contributed by atoms with Gasteiger partial charge in [0.15, 0.2) is 0 Å². The molecule has 2 atom stereocenters. The van der Waals surface area contributed by atoms with Crippen molar-refractivity contribution in [1.82, 2.24) is 25.7 Å². The van der Waals surface area contributed by atoms with Gasteiger partial charge < -0.3 is 16.0 Å². The van der Waals surface area contributed by atoms with Gasteiger partial charge in [0.2, 0.25) is 11.8 Å². The molecule has 2 aromatic rings. The van der Waals surface area contributed by atoms with Crippen LogP contribution in [0.4, 0.5) is 18.9 Å². The molecule has 4 N–H and O–H groups in total. The average molecular weight is 547 g/mol. The van der Waals surface area contributed by atoms with Gasteiger partial charge in [-0.15, -0.1) is 0 Å². The number of amides is 3. The van der Waals surface area contributed by atoms with Gasteiger partial charge in [-0.05, 0) is 86.6 Å². The van der Waals surface area contributed by atoms with Crippen molar-refractivity contribution in [3.05, 3.63) is 47.3 Å². The minimum absolute atomic E-state index is 0.0184. The van der Waals surface area contributed by atoms with Crippen molar-refractivity contribution in [3.8, 4) is 0 Å². The third kappa shape index (κ3) is 6.26. The number of benzene rings is 1. The molecule has 2 fully saturated rings. The molecule has 2 saturated carbocycles. The third-order valence-corrected chi connectivity index (χ3v) is 7.62. The van der Waals surface area contributed by atoms with Crippen LogP contribution in [-0.4, -0.2) is 46.3 Å². The molecule has 3 amide bonds. The Labute approximate surface area is 224 Å². The zero-order chi connectivity index (χ0) is 27.9. The van der Waals surface area contributed by atoms with Gasteiger partial charge in [-0.3, -0.25) is 24.4 Å². The number of carbonyl (C=O) groups is 3. The van der Waals surface area contributed by atoms with Crippen molar-refractivity contribution < 1.29 is 27.6 Å². The van der Waals surface area contributed by atoms with Crippen LogP contribution >= 0.6 is 0 Å². The van der Waals surface area contributed by atoms with E-state index in [1.165, 1.54) is 0 Å². The summed E-state index contributed by atoms with van der Waals surface area (Å²) >= 11 is 0. The van der Waals surface area contributed by atoms with E-state index >= 15 is 0 Å². The van der Waals surface area contributed by atoms with Crippen molar-refractivity contribution in [2.75, 3.05) is 11.9 Å². The monoisotopic (exact) mass is 546 g/mol. The summed E-state index contributed by atoms with van der Waals surface area (Å²) in [5.74, 6) is -0.593. The zero-order valence-corrected chi connectivity index (χ0v) is 21.8. The fraction of sp³-hybridized carbons (Fsp3) is 0.556. The Hall–Kier alpha value is -3.41. The molecule has 1 aromatic carbocycles. The maximum atomic E-state index is 13.7.